The number of nitrogens with zero attached hydrogens (tertiary/aromatic N) is 3. The summed E-state index contributed by atoms with van der Waals surface area (Å²) in [5, 5.41) is 2.83. The molecule has 0 bridgehead atoms. The van der Waals surface area contributed by atoms with Gasteiger partial charge in [0.2, 0.25) is 5.91 Å². The van der Waals surface area contributed by atoms with Crippen molar-refractivity contribution < 1.29 is 22.7 Å². The Balaban J connectivity index is 1.41. The van der Waals surface area contributed by atoms with E-state index in [0.29, 0.717) is 38.2 Å². The molecule has 11 heteroatoms. The average molecular weight is 457 g/mol. The Morgan fingerprint density at radius 2 is 1.90 bits per heavy atom. The van der Waals surface area contributed by atoms with Crippen LogP contribution in [-0.4, -0.2) is 65.9 Å². The normalized spacial score (nSPS) is 23.0. The minimum Gasteiger partial charge on any atom is -0.441 e. The third kappa shape index (κ3) is 4.06. The summed E-state index contributed by atoms with van der Waals surface area (Å²) < 4.78 is 33.6. The Kier molecular flexibility index (Phi) is 5.80. The van der Waals surface area contributed by atoms with Gasteiger partial charge in [0.15, 0.2) is 9.34 Å². The highest BCUT2D eigenvalue weighted by molar-refractivity contribution is 7.91. The number of piperidine rings is 1. The van der Waals surface area contributed by atoms with Crippen molar-refractivity contribution in [2.75, 3.05) is 25.0 Å². The first-order valence-corrected chi connectivity index (χ1v) is 12.7. The third-order valence-electron chi connectivity index (χ3n) is 6.24. The molecular formula is C19H28N4O5S2. The molecule has 2 aliphatic heterocycles. The van der Waals surface area contributed by atoms with Crippen LogP contribution < -0.4 is 5.32 Å². The maximum Gasteiger partial charge on any atom is 0.410 e. The molecule has 2 amide bonds. The zero-order chi connectivity index (χ0) is 21.5. The number of anilines is 1. The van der Waals surface area contributed by atoms with E-state index in [0.717, 1.165) is 37.0 Å². The topological polar surface area (TPSA) is 109 Å². The number of carbonyl (C=O) groups is 2. The smallest absolute Gasteiger partial charge is 0.410 e. The third-order valence-corrected chi connectivity index (χ3v) is 9.80. The summed E-state index contributed by atoms with van der Waals surface area (Å²) in [5.74, 6) is -0.290. The number of ether oxygens (including phenoxy) is 1. The summed E-state index contributed by atoms with van der Waals surface area (Å²) in [4.78, 5) is 29.7. The van der Waals surface area contributed by atoms with Crippen LogP contribution in [-0.2, 0) is 19.6 Å². The number of hydrogen-bond donors (Lipinski definition) is 1. The molecule has 9 nitrogen and oxygen atoms in total. The highest BCUT2D eigenvalue weighted by atomic mass is 32.2. The van der Waals surface area contributed by atoms with E-state index in [2.05, 4.69) is 10.3 Å². The van der Waals surface area contributed by atoms with Crippen LogP contribution in [0.2, 0.25) is 0 Å². The van der Waals surface area contributed by atoms with E-state index in [9.17, 15) is 18.0 Å². The lowest BCUT2D eigenvalue weighted by Crippen LogP contribution is -2.48. The van der Waals surface area contributed by atoms with Gasteiger partial charge >= 0.3 is 6.09 Å². The fourth-order valence-corrected chi connectivity index (χ4v) is 7.79. The number of sulfonamides is 1. The van der Waals surface area contributed by atoms with Gasteiger partial charge in [-0.05, 0) is 45.4 Å². The van der Waals surface area contributed by atoms with Crippen molar-refractivity contribution in [1.82, 2.24) is 14.2 Å². The lowest BCUT2D eigenvalue weighted by Gasteiger charge is -2.36. The van der Waals surface area contributed by atoms with Crippen LogP contribution in [0.4, 0.5) is 9.93 Å². The second kappa shape index (κ2) is 8.08. The number of hydrogen-bond acceptors (Lipinski definition) is 7. The van der Waals surface area contributed by atoms with Gasteiger partial charge in [-0.2, -0.15) is 4.31 Å². The molecule has 3 fully saturated rings. The average Bonchev–Trinajstić information content (AvgIpc) is 3.21. The molecule has 0 atom stereocenters. The second-order valence-electron chi connectivity index (χ2n) is 8.45. The Bertz CT molecular complexity index is 931. The van der Waals surface area contributed by atoms with Crippen LogP contribution in [0.25, 0.3) is 0 Å². The molecule has 4 rings (SSSR count). The van der Waals surface area contributed by atoms with Crippen molar-refractivity contribution in [3.05, 3.63) is 5.69 Å². The molecule has 1 N–H and O–H groups in total. The van der Waals surface area contributed by atoms with Gasteiger partial charge in [-0.1, -0.05) is 17.8 Å². The fourth-order valence-electron chi connectivity index (χ4n) is 4.72. The number of nitrogens with one attached hydrogen (secondary N) is 1. The Labute approximate surface area is 180 Å². The fraction of sp³-hybridized carbons (Fsp3) is 0.737. The van der Waals surface area contributed by atoms with Crippen molar-refractivity contribution in [3.8, 4) is 0 Å². The standard InChI is InChI=1S/C19H28N4O5S2/c1-13-16(29-17(20-13)21-14(2)24)30(26,27)22-10-6-15(7-11-22)23-12-19(28-18(23)25)8-4-3-5-9-19/h15H,3-12H2,1-2H3,(H,20,21,24). The van der Waals surface area contributed by atoms with Gasteiger partial charge in [-0.25, -0.2) is 18.2 Å². The molecule has 1 aliphatic carbocycles. The molecule has 1 spiro atoms. The SMILES string of the molecule is CC(=O)Nc1nc(C)c(S(=O)(=O)N2CCC(N3CC4(CCCCC4)OC3=O)CC2)s1. The summed E-state index contributed by atoms with van der Waals surface area (Å²) in [7, 11) is -3.69. The van der Waals surface area contributed by atoms with Crippen LogP contribution in [0, 0.1) is 6.92 Å². The van der Waals surface area contributed by atoms with E-state index in [4.69, 9.17) is 4.74 Å². The van der Waals surface area contributed by atoms with Gasteiger partial charge in [0, 0.05) is 26.1 Å². The number of carbonyl (C=O) groups excluding carboxylic acids is 2. The maximum absolute atomic E-state index is 13.1. The summed E-state index contributed by atoms with van der Waals surface area (Å²) in [6, 6.07) is 0.00255. The number of amides is 2. The molecule has 0 radical (unpaired) electrons. The van der Waals surface area contributed by atoms with E-state index < -0.39 is 10.0 Å². The molecule has 0 unspecified atom stereocenters. The summed E-state index contributed by atoms with van der Waals surface area (Å²) in [6.45, 7) is 4.30. The highest BCUT2D eigenvalue weighted by Gasteiger charge is 2.48. The molecule has 30 heavy (non-hydrogen) atoms. The highest BCUT2D eigenvalue weighted by Crippen LogP contribution is 2.39. The van der Waals surface area contributed by atoms with E-state index in [1.54, 1.807) is 6.92 Å². The van der Waals surface area contributed by atoms with E-state index >= 15 is 0 Å². The van der Waals surface area contributed by atoms with Crippen molar-refractivity contribution in [1.29, 1.82) is 0 Å². The second-order valence-corrected chi connectivity index (χ2v) is 11.6. The molecule has 2 saturated heterocycles. The Hall–Kier alpha value is -1.72. The predicted octanol–water partition coefficient (Wildman–Crippen LogP) is 2.72. The molecular weight excluding hydrogens is 428 g/mol. The molecule has 1 aromatic heterocycles. The first-order chi connectivity index (χ1) is 14.2. The largest absolute Gasteiger partial charge is 0.441 e. The predicted molar refractivity (Wildman–Crippen MR) is 112 cm³/mol. The molecule has 0 aromatic carbocycles. The molecule has 3 aliphatic rings. The van der Waals surface area contributed by atoms with E-state index in [1.165, 1.54) is 17.6 Å². The molecule has 3 heterocycles. The van der Waals surface area contributed by atoms with Gasteiger partial charge in [0.05, 0.1) is 12.2 Å². The van der Waals surface area contributed by atoms with Gasteiger partial charge in [-0.15, -0.1) is 0 Å². The van der Waals surface area contributed by atoms with Gasteiger partial charge in [0.25, 0.3) is 10.0 Å². The molecule has 1 saturated carbocycles. The van der Waals surface area contributed by atoms with Crippen molar-refractivity contribution in [2.45, 2.75) is 74.6 Å². The van der Waals surface area contributed by atoms with Crippen molar-refractivity contribution >= 4 is 38.5 Å². The monoisotopic (exact) mass is 456 g/mol. The van der Waals surface area contributed by atoms with Crippen LogP contribution in [0.1, 0.15) is 57.6 Å². The van der Waals surface area contributed by atoms with E-state index in [1.807, 2.05) is 4.90 Å². The number of thiazole rings is 1. The quantitative estimate of drug-likeness (QED) is 0.746. The maximum atomic E-state index is 13.1. The zero-order valence-electron chi connectivity index (χ0n) is 17.3. The number of aryl methyl sites for hydroxylation is 1. The van der Waals surface area contributed by atoms with Crippen LogP contribution in [0.3, 0.4) is 0 Å². The van der Waals surface area contributed by atoms with Gasteiger partial charge in [-0.3, -0.25) is 4.79 Å². The lowest BCUT2D eigenvalue weighted by atomic mass is 9.84. The molecule has 1 aromatic rings. The van der Waals surface area contributed by atoms with Crippen molar-refractivity contribution in [2.24, 2.45) is 0 Å². The summed E-state index contributed by atoms with van der Waals surface area (Å²) in [6.07, 6.45) is 6.13. The first-order valence-electron chi connectivity index (χ1n) is 10.4. The molecule has 166 valence electrons. The summed E-state index contributed by atoms with van der Waals surface area (Å²) in [5.41, 5.74) is 0.0477. The van der Waals surface area contributed by atoms with E-state index in [-0.39, 0.29) is 33.0 Å². The van der Waals surface area contributed by atoms with Gasteiger partial charge < -0.3 is 15.0 Å². The van der Waals surface area contributed by atoms with Gasteiger partial charge in [0.1, 0.15) is 5.60 Å². The summed E-state index contributed by atoms with van der Waals surface area (Å²) >= 11 is 0.972. The minimum absolute atomic E-state index is 0.00255. The zero-order valence-corrected chi connectivity index (χ0v) is 19.0. The van der Waals surface area contributed by atoms with Crippen molar-refractivity contribution in [3.63, 3.8) is 0 Å². The first kappa shape index (κ1) is 21.5. The number of rotatable bonds is 4. The Morgan fingerprint density at radius 1 is 1.23 bits per heavy atom. The Morgan fingerprint density at radius 3 is 2.53 bits per heavy atom. The number of aromatic nitrogens is 1. The van der Waals surface area contributed by atoms with Crippen LogP contribution in [0.5, 0.6) is 0 Å². The van der Waals surface area contributed by atoms with Crippen LogP contribution in [0.15, 0.2) is 4.21 Å². The minimum atomic E-state index is -3.69. The van der Waals surface area contributed by atoms with Crippen LogP contribution >= 0.6 is 11.3 Å². The lowest BCUT2D eigenvalue weighted by molar-refractivity contribution is -0.114.